The molecule has 0 atom stereocenters. The lowest BCUT2D eigenvalue weighted by Crippen LogP contribution is -2.10. The minimum Gasteiger partial charge on any atom is -0.495 e. The van der Waals surface area contributed by atoms with E-state index in [4.69, 9.17) is 21.1 Å². The highest BCUT2D eigenvalue weighted by Crippen LogP contribution is 2.28. The van der Waals surface area contributed by atoms with Gasteiger partial charge in [0.2, 0.25) is 0 Å². The Bertz CT molecular complexity index is 929. The van der Waals surface area contributed by atoms with Crippen molar-refractivity contribution in [3.8, 4) is 11.5 Å². The average Bonchev–Trinajstić information content (AvgIpc) is 3.09. The number of hydrogen-bond acceptors (Lipinski definition) is 4. The zero-order chi connectivity index (χ0) is 18.5. The van der Waals surface area contributed by atoms with Gasteiger partial charge in [0.1, 0.15) is 23.9 Å². The van der Waals surface area contributed by atoms with Crippen LogP contribution in [0.3, 0.4) is 0 Å². The zero-order valence-electron chi connectivity index (χ0n) is 13.8. The zero-order valence-corrected chi connectivity index (χ0v) is 15.4. The number of methoxy groups -OCH3 is 1. The number of ether oxygens (including phenoxy) is 2. The molecule has 0 unspecified atom stereocenters. The van der Waals surface area contributed by atoms with Crippen molar-refractivity contribution >= 4 is 34.5 Å². The first-order chi connectivity index (χ1) is 12.5. The fraction of sp³-hybridized carbons (Fsp3) is 0.105. The SMILES string of the molecule is COc1ccc(NC(=O)c2cc(COc3cccc(F)c3)cs2)cc1Cl. The summed E-state index contributed by atoms with van der Waals surface area (Å²) in [5, 5.41) is 5.03. The van der Waals surface area contributed by atoms with E-state index in [1.54, 1.807) is 36.4 Å². The van der Waals surface area contributed by atoms with E-state index in [-0.39, 0.29) is 18.3 Å². The van der Waals surface area contributed by atoms with E-state index >= 15 is 0 Å². The van der Waals surface area contributed by atoms with Crippen LogP contribution in [0.15, 0.2) is 53.9 Å². The largest absolute Gasteiger partial charge is 0.495 e. The van der Waals surface area contributed by atoms with Crippen LogP contribution in [0.2, 0.25) is 5.02 Å². The van der Waals surface area contributed by atoms with E-state index in [0.29, 0.717) is 27.1 Å². The van der Waals surface area contributed by atoms with Gasteiger partial charge in [-0.05, 0) is 41.8 Å². The summed E-state index contributed by atoms with van der Waals surface area (Å²) < 4.78 is 23.8. The Balaban J connectivity index is 1.61. The lowest BCUT2D eigenvalue weighted by atomic mass is 10.2. The number of nitrogens with one attached hydrogen (secondary N) is 1. The van der Waals surface area contributed by atoms with Crippen molar-refractivity contribution in [3.63, 3.8) is 0 Å². The fourth-order valence-electron chi connectivity index (χ4n) is 2.23. The number of amides is 1. The average molecular weight is 392 g/mol. The van der Waals surface area contributed by atoms with Gasteiger partial charge < -0.3 is 14.8 Å². The molecule has 3 aromatic rings. The second kappa shape index (κ2) is 8.21. The van der Waals surface area contributed by atoms with Crippen molar-refractivity contribution in [1.29, 1.82) is 0 Å². The maximum Gasteiger partial charge on any atom is 0.265 e. The van der Waals surface area contributed by atoms with Gasteiger partial charge in [0.05, 0.1) is 17.0 Å². The molecular weight excluding hydrogens is 377 g/mol. The predicted molar refractivity (Wildman–Crippen MR) is 101 cm³/mol. The second-order valence-corrected chi connectivity index (χ2v) is 6.69. The van der Waals surface area contributed by atoms with Gasteiger partial charge in [0.25, 0.3) is 5.91 Å². The van der Waals surface area contributed by atoms with Crippen LogP contribution in [0.25, 0.3) is 0 Å². The van der Waals surface area contributed by atoms with Crippen LogP contribution in [0.1, 0.15) is 15.2 Å². The number of halogens is 2. The summed E-state index contributed by atoms with van der Waals surface area (Å²) in [6.07, 6.45) is 0. The summed E-state index contributed by atoms with van der Waals surface area (Å²) in [4.78, 5) is 12.9. The minimum absolute atomic E-state index is 0.242. The first-order valence-electron chi connectivity index (χ1n) is 7.66. The normalized spacial score (nSPS) is 10.4. The summed E-state index contributed by atoms with van der Waals surface area (Å²) in [5.41, 5.74) is 1.41. The molecule has 1 amide bonds. The van der Waals surface area contributed by atoms with Gasteiger partial charge >= 0.3 is 0 Å². The van der Waals surface area contributed by atoms with Crippen LogP contribution in [0.5, 0.6) is 11.5 Å². The summed E-state index contributed by atoms with van der Waals surface area (Å²) >= 11 is 7.36. The van der Waals surface area contributed by atoms with Crippen molar-refractivity contribution in [2.24, 2.45) is 0 Å². The van der Waals surface area contributed by atoms with Gasteiger partial charge in [0, 0.05) is 17.3 Å². The van der Waals surface area contributed by atoms with Crippen LogP contribution in [-0.2, 0) is 6.61 Å². The van der Waals surface area contributed by atoms with E-state index in [1.807, 2.05) is 5.38 Å². The van der Waals surface area contributed by atoms with Gasteiger partial charge in [-0.3, -0.25) is 4.79 Å². The van der Waals surface area contributed by atoms with Gasteiger partial charge in [-0.15, -0.1) is 11.3 Å². The minimum atomic E-state index is -0.356. The van der Waals surface area contributed by atoms with Gasteiger partial charge in [-0.25, -0.2) is 4.39 Å². The molecule has 0 aliphatic carbocycles. The molecule has 1 aromatic heterocycles. The van der Waals surface area contributed by atoms with E-state index in [0.717, 1.165) is 5.56 Å². The highest BCUT2D eigenvalue weighted by molar-refractivity contribution is 7.12. The molecule has 0 saturated carbocycles. The van der Waals surface area contributed by atoms with Crippen LogP contribution in [0.4, 0.5) is 10.1 Å². The number of thiophene rings is 1. The third-order valence-corrected chi connectivity index (χ3v) is 4.76. The molecule has 0 aliphatic heterocycles. The maximum absolute atomic E-state index is 13.1. The molecule has 0 aliphatic rings. The predicted octanol–water partition coefficient (Wildman–Crippen LogP) is 5.38. The Morgan fingerprint density at radius 1 is 1.23 bits per heavy atom. The Morgan fingerprint density at radius 2 is 2.08 bits per heavy atom. The fourth-order valence-corrected chi connectivity index (χ4v) is 3.28. The molecule has 26 heavy (non-hydrogen) atoms. The standard InChI is InChI=1S/C19H15ClFNO3S/c1-24-17-6-5-14(9-16(17)20)22-19(23)18-7-12(11-26-18)10-25-15-4-2-3-13(21)8-15/h2-9,11H,10H2,1H3,(H,22,23). The molecule has 2 aromatic carbocycles. The number of hydrogen-bond donors (Lipinski definition) is 1. The summed E-state index contributed by atoms with van der Waals surface area (Å²) in [7, 11) is 1.53. The lowest BCUT2D eigenvalue weighted by Gasteiger charge is -2.07. The summed E-state index contributed by atoms with van der Waals surface area (Å²) in [6, 6.07) is 12.7. The molecule has 0 fully saturated rings. The van der Waals surface area contributed by atoms with E-state index in [9.17, 15) is 9.18 Å². The topological polar surface area (TPSA) is 47.6 Å². The quantitative estimate of drug-likeness (QED) is 0.613. The van der Waals surface area contributed by atoms with Crippen LogP contribution < -0.4 is 14.8 Å². The smallest absolute Gasteiger partial charge is 0.265 e. The molecule has 0 saturated heterocycles. The van der Waals surface area contributed by atoms with Crippen molar-refractivity contribution in [2.45, 2.75) is 6.61 Å². The van der Waals surface area contributed by atoms with E-state index in [2.05, 4.69) is 5.32 Å². The molecule has 1 heterocycles. The molecular formula is C19H15ClFNO3S. The highest BCUT2D eigenvalue weighted by Gasteiger charge is 2.11. The summed E-state index contributed by atoms with van der Waals surface area (Å²) in [6.45, 7) is 0.252. The molecule has 7 heteroatoms. The molecule has 0 spiro atoms. The summed E-state index contributed by atoms with van der Waals surface area (Å²) in [5.74, 6) is 0.381. The van der Waals surface area contributed by atoms with Crippen molar-refractivity contribution < 1.29 is 18.7 Å². The van der Waals surface area contributed by atoms with Gasteiger partial charge in [-0.1, -0.05) is 17.7 Å². The maximum atomic E-state index is 13.1. The lowest BCUT2D eigenvalue weighted by molar-refractivity contribution is 0.103. The molecule has 1 N–H and O–H groups in total. The van der Waals surface area contributed by atoms with Gasteiger partial charge in [0.15, 0.2) is 0 Å². The second-order valence-electron chi connectivity index (χ2n) is 5.37. The van der Waals surface area contributed by atoms with Crippen molar-refractivity contribution in [3.05, 3.63) is 75.2 Å². The number of anilines is 1. The third kappa shape index (κ3) is 4.53. The Hall–Kier alpha value is -2.57. The molecule has 0 radical (unpaired) electrons. The number of benzene rings is 2. The Labute approximate surface area is 159 Å². The molecule has 134 valence electrons. The molecule has 0 bridgehead atoms. The van der Waals surface area contributed by atoms with Crippen molar-refractivity contribution in [2.75, 3.05) is 12.4 Å². The number of rotatable bonds is 6. The third-order valence-electron chi connectivity index (χ3n) is 3.49. The number of carbonyl (C=O) groups is 1. The number of carbonyl (C=O) groups excluding carboxylic acids is 1. The highest BCUT2D eigenvalue weighted by atomic mass is 35.5. The monoisotopic (exact) mass is 391 g/mol. The van der Waals surface area contributed by atoms with Crippen LogP contribution in [0, 0.1) is 5.82 Å². The molecule has 3 rings (SSSR count). The van der Waals surface area contributed by atoms with E-state index in [1.165, 1.54) is 30.6 Å². The Morgan fingerprint density at radius 3 is 2.81 bits per heavy atom. The van der Waals surface area contributed by atoms with Gasteiger partial charge in [-0.2, -0.15) is 0 Å². The van der Waals surface area contributed by atoms with Crippen molar-refractivity contribution in [1.82, 2.24) is 0 Å². The first kappa shape index (κ1) is 18.2. The first-order valence-corrected chi connectivity index (χ1v) is 8.91. The van der Waals surface area contributed by atoms with E-state index < -0.39 is 0 Å². The van der Waals surface area contributed by atoms with Crippen LogP contribution >= 0.6 is 22.9 Å². The van der Waals surface area contributed by atoms with Crippen LogP contribution in [-0.4, -0.2) is 13.0 Å². The molecule has 4 nitrogen and oxygen atoms in total. The Kier molecular flexibility index (Phi) is 5.75.